The van der Waals surface area contributed by atoms with E-state index in [9.17, 15) is 22.8 Å². The van der Waals surface area contributed by atoms with Crippen LogP contribution < -0.4 is 10.2 Å². The number of morpholine rings is 1. The molecule has 0 bridgehead atoms. The fourth-order valence-corrected chi connectivity index (χ4v) is 5.56. The van der Waals surface area contributed by atoms with E-state index in [4.69, 9.17) is 4.74 Å². The molecule has 0 aromatic heterocycles. The summed E-state index contributed by atoms with van der Waals surface area (Å²) in [6, 6.07) is 3.17. The van der Waals surface area contributed by atoms with Gasteiger partial charge in [-0.25, -0.2) is 0 Å². The minimum atomic E-state index is -4.62. The highest BCUT2D eigenvalue weighted by Crippen LogP contribution is 2.47. The number of amides is 2. The van der Waals surface area contributed by atoms with Crippen molar-refractivity contribution in [1.29, 1.82) is 0 Å². The van der Waals surface area contributed by atoms with Crippen LogP contribution in [0.5, 0.6) is 0 Å². The number of halogens is 3. The molecular formula is C19H22F3N3O3S. The van der Waals surface area contributed by atoms with Gasteiger partial charge in [0.25, 0.3) is 0 Å². The highest BCUT2D eigenvalue weighted by Gasteiger charge is 2.53. The monoisotopic (exact) mass is 429 g/mol. The summed E-state index contributed by atoms with van der Waals surface area (Å²) in [6.07, 6.45) is -3.62. The topological polar surface area (TPSA) is 61.9 Å². The average molecular weight is 429 g/mol. The van der Waals surface area contributed by atoms with Crippen molar-refractivity contribution in [2.24, 2.45) is 0 Å². The number of ether oxygens (including phenoxy) is 1. The van der Waals surface area contributed by atoms with Crippen molar-refractivity contribution in [2.45, 2.75) is 36.9 Å². The number of hydrogen-bond acceptors (Lipinski definition) is 5. The maximum Gasteiger partial charge on any atom is 0.418 e. The van der Waals surface area contributed by atoms with Crippen LogP contribution >= 0.6 is 11.8 Å². The van der Waals surface area contributed by atoms with E-state index in [1.54, 1.807) is 6.07 Å². The molecule has 0 saturated carbocycles. The van der Waals surface area contributed by atoms with Gasteiger partial charge in [0.05, 0.1) is 29.3 Å². The lowest BCUT2D eigenvalue weighted by atomic mass is 10.1. The lowest BCUT2D eigenvalue weighted by molar-refractivity contribution is -0.138. The van der Waals surface area contributed by atoms with Gasteiger partial charge >= 0.3 is 6.18 Å². The van der Waals surface area contributed by atoms with Crippen LogP contribution in [0.4, 0.5) is 24.5 Å². The summed E-state index contributed by atoms with van der Waals surface area (Å²) in [4.78, 5) is 27.9. The zero-order chi connectivity index (χ0) is 20.8. The first-order valence-corrected chi connectivity index (χ1v) is 10.5. The Balaban J connectivity index is 1.58. The Morgan fingerprint density at radius 3 is 2.72 bits per heavy atom. The van der Waals surface area contributed by atoms with E-state index in [0.29, 0.717) is 50.6 Å². The number of carbonyl (C=O) groups is 2. The van der Waals surface area contributed by atoms with E-state index in [1.807, 2.05) is 11.8 Å². The summed E-state index contributed by atoms with van der Waals surface area (Å²) in [5.41, 5.74) is -0.738. The molecule has 2 unspecified atom stereocenters. The molecule has 3 aliphatic heterocycles. The van der Waals surface area contributed by atoms with Gasteiger partial charge in [-0.1, -0.05) is 0 Å². The quantitative estimate of drug-likeness (QED) is 0.801. The molecule has 2 atom stereocenters. The molecule has 3 fully saturated rings. The highest BCUT2D eigenvalue weighted by atomic mass is 32.2. The van der Waals surface area contributed by atoms with Crippen molar-refractivity contribution in [2.75, 3.05) is 42.3 Å². The van der Waals surface area contributed by atoms with Gasteiger partial charge < -0.3 is 19.9 Å². The number of alkyl halides is 3. The predicted octanol–water partition coefficient (Wildman–Crippen LogP) is 2.93. The summed E-state index contributed by atoms with van der Waals surface area (Å²) < 4.78 is 46.3. The molecule has 3 heterocycles. The van der Waals surface area contributed by atoms with Crippen LogP contribution in [-0.4, -0.2) is 59.7 Å². The Morgan fingerprint density at radius 1 is 1.31 bits per heavy atom. The Labute approximate surface area is 170 Å². The molecule has 1 aromatic rings. The number of thioether (sulfide) groups is 1. The molecule has 10 heteroatoms. The first kappa shape index (κ1) is 20.3. The predicted molar refractivity (Wildman–Crippen MR) is 104 cm³/mol. The number of nitrogens with zero attached hydrogens (tertiary/aromatic N) is 2. The second kappa shape index (κ2) is 7.39. The van der Waals surface area contributed by atoms with Gasteiger partial charge in [0.2, 0.25) is 11.8 Å². The molecule has 0 aliphatic carbocycles. The van der Waals surface area contributed by atoms with E-state index in [1.165, 1.54) is 22.7 Å². The van der Waals surface area contributed by atoms with E-state index in [-0.39, 0.29) is 11.6 Å². The molecule has 6 nitrogen and oxygen atoms in total. The number of fused-ring (bicyclic) bond motifs is 1. The first-order valence-electron chi connectivity index (χ1n) is 9.50. The van der Waals surface area contributed by atoms with Gasteiger partial charge in [-0.05, 0) is 31.5 Å². The van der Waals surface area contributed by atoms with Gasteiger partial charge in [0, 0.05) is 31.0 Å². The number of anilines is 2. The number of rotatable bonds is 3. The van der Waals surface area contributed by atoms with Crippen LogP contribution in [0.25, 0.3) is 0 Å². The average Bonchev–Trinajstić information content (AvgIpc) is 3.18. The zero-order valence-corrected chi connectivity index (χ0v) is 16.7. The molecule has 158 valence electrons. The summed E-state index contributed by atoms with van der Waals surface area (Å²) in [5, 5.41) is 2.43. The van der Waals surface area contributed by atoms with Gasteiger partial charge in [-0.2, -0.15) is 13.2 Å². The second-order valence-corrected chi connectivity index (χ2v) is 9.08. The van der Waals surface area contributed by atoms with Crippen molar-refractivity contribution in [3.8, 4) is 0 Å². The second-order valence-electron chi connectivity index (χ2n) is 7.58. The van der Waals surface area contributed by atoms with Crippen molar-refractivity contribution in [3.63, 3.8) is 0 Å². The number of hydrogen-bond donors (Lipinski definition) is 1. The van der Waals surface area contributed by atoms with Gasteiger partial charge in [0.15, 0.2) is 0 Å². The molecule has 0 radical (unpaired) electrons. The summed E-state index contributed by atoms with van der Waals surface area (Å²) >= 11 is 1.50. The fourth-order valence-electron chi connectivity index (χ4n) is 4.12. The molecule has 1 N–H and O–H groups in total. The summed E-state index contributed by atoms with van der Waals surface area (Å²) in [5.74, 6) is -0.334. The van der Waals surface area contributed by atoms with Gasteiger partial charge in [-0.15, -0.1) is 11.8 Å². The Kier molecular flexibility index (Phi) is 5.18. The van der Waals surface area contributed by atoms with Crippen LogP contribution in [0.1, 0.15) is 25.3 Å². The minimum Gasteiger partial charge on any atom is -0.378 e. The van der Waals surface area contributed by atoms with Crippen LogP contribution in [0.3, 0.4) is 0 Å². The van der Waals surface area contributed by atoms with Crippen molar-refractivity contribution >= 4 is 35.0 Å². The highest BCUT2D eigenvalue weighted by molar-refractivity contribution is 8.01. The number of nitrogens with one attached hydrogen (secondary N) is 1. The summed E-state index contributed by atoms with van der Waals surface area (Å²) in [7, 11) is 0. The standard InChI is InChI=1S/C19H22F3N3O3S/c1-18-5-4-16(26)25(18)15(11-29-18)17(27)23-14-3-2-12(10-13(14)19(20,21)22)24-6-8-28-9-7-24/h2-3,10,15H,4-9,11H2,1H3,(H,23,27). The maximum atomic E-state index is 13.7. The largest absolute Gasteiger partial charge is 0.418 e. The molecule has 3 saturated heterocycles. The van der Waals surface area contributed by atoms with E-state index < -0.39 is 28.6 Å². The van der Waals surface area contributed by atoms with E-state index >= 15 is 0 Å². The zero-order valence-electron chi connectivity index (χ0n) is 15.9. The third kappa shape index (κ3) is 3.79. The summed E-state index contributed by atoms with van der Waals surface area (Å²) in [6.45, 7) is 3.84. The van der Waals surface area contributed by atoms with Crippen molar-refractivity contribution in [1.82, 2.24) is 4.90 Å². The van der Waals surface area contributed by atoms with E-state index in [2.05, 4.69) is 5.32 Å². The molecule has 29 heavy (non-hydrogen) atoms. The SMILES string of the molecule is CC12CCC(=O)N1C(C(=O)Nc1ccc(N3CCOCC3)cc1C(F)(F)F)CS2. The molecular weight excluding hydrogens is 407 g/mol. The van der Waals surface area contributed by atoms with Gasteiger partial charge in [-0.3, -0.25) is 9.59 Å². The Bertz CT molecular complexity index is 829. The van der Waals surface area contributed by atoms with Crippen LogP contribution in [-0.2, 0) is 20.5 Å². The Morgan fingerprint density at radius 2 is 2.03 bits per heavy atom. The molecule has 2 amide bonds. The Hall–Kier alpha value is -1.94. The van der Waals surface area contributed by atoms with Gasteiger partial charge in [0.1, 0.15) is 6.04 Å². The normalized spacial score (nSPS) is 27.3. The lowest BCUT2D eigenvalue weighted by Gasteiger charge is -2.31. The molecule has 4 rings (SSSR count). The van der Waals surface area contributed by atoms with Crippen molar-refractivity contribution in [3.05, 3.63) is 23.8 Å². The maximum absolute atomic E-state index is 13.7. The fraction of sp³-hybridized carbons (Fsp3) is 0.579. The van der Waals surface area contributed by atoms with Crippen LogP contribution in [0.2, 0.25) is 0 Å². The molecule has 3 aliphatic rings. The first-order chi connectivity index (χ1) is 13.7. The van der Waals surface area contributed by atoms with Crippen molar-refractivity contribution < 1.29 is 27.5 Å². The van der Waals surface area contributed by atoms with Crippen LogP contribution in [0, 0.1) is 0 Å². The van der Waals surface area contributed by atoms with Crippen LogP contribution in [0.15, 0.2) is 18.2 Å². The smallest absolute Gasteiger partial charge is 0.378 e. The minimum absolute atomic E-state index is 0.128. The number of benzene rings is 1. The lowest BCUT2D eigenvalue weighted by Crippen LogP contribution is -2.48. The third-order valence-electron chi connectivity index (χ3n) is 5.69. The molecule has 1 aromatic carbocycles. The molecule has 0 spiro atoms. The number of carbonyl (C=O) groups excluding carboxylic acids is 2. The van der Waals surface area contributed by atoms with E-state index in [0.717, 1.165) is 6.07 Å². The third-order valence-corrected chi connectivity index (χ3v) is 7.20.